The van der Waals surface area contributed by atoms with Gasteiger partial charge in [-0.3, -0.25) is 4.79 Å². The van der Waals surface area contributed by atoms with Crippen LogP contribution in [0.5, 0.6) is 5.75 Å². The Bertz CT molecular complexity index is 588. The van der Waals surface area contributed by atoms with Gasteiger partial charge in [0.1, 0.15) is 5.75 Å². The van der Waals surface area contributed by atoms with E-state index in [1.54, 1.807) is 7.11 Å². The lowest BCUT2D eigenvalue weighted by Gasteiger charge is -2.26. The maximum absolute atomic E-state index is 12.2. The average molecular weight is 283 g/mol. The molecule has 0 saturated carbocycles. The fraction of sp³-hybridized carbons (Fsp3) is 0.278. The van der Waals surface area contributed by atoms with Crippen LogP contribution in [0.4, 0.5) is 0 Å². The second-order valence-electron chi connectivity index (χ2n) is 5.73. The molecule has 110 valence electrons. The monoisotopic (exact) mass is 283 g/mol. The Hall–Kier alpha value is -2.29. The molecule has 1 amide bonds. The molecule has 0 atom stereocenters. The van der Waals surface area contributed by atoms with Gasteiger partial charge in [0.2, 0.25) is 0 Å². The van der Waals surface area contributed by atoms with Gasteiger partial charge in [-0.2, -0.15) is 0 Å². The molecule has 0 fully saturated rings. The Balaban J connectivity index is 2.02. The highest BCUT2D eigenvalue weighted by atomic mass is 16.5. The lowest BCUT2D eigenvalue weighted by Crippen LogP contribution is -2.45. The van der Waals surface area contributed by atoms with Crippen molar-refractivity contribution in [1.29, 1.82) is 0 Å². The number of rotatable bonds is 5. The highest BCUT2D eigenvalue weighted by molar-refractivity contribution is 5.94. The minimum atomic E-state index is -0.318. The molecule has 0 radical (unpaired) electrons. The number of carbonyl (C=O) groups excluding carboxylic acids is 1. The molecule has 0 unspecified atom stereocenters. The Kier molecular flexibility index (Phi) is 4.63. The lowest BCUT2D eigenvalue weighted by molar-refractivity contribution is 0.0913. The molecule has 3 nitrogen and oxygen atoms in total. The average Bonchev–Trinajstić information content (AvgIpc) is 2.48. The topological polar surface area (TPSA) is 38.3 Å². The molecule has 2 aromatic rings. The highest BCUT2D eigenvalue weighted by Crippen LogP contribution is 2.17. The normalized spacial score (nSPS) is 11.0. The van der Waals surface area contributed by atoms with Crippen molar-refractivity contribution in [3.8, 4) is 5.75 Å². The minimum absolute atomic E-state index is 0.0471. The maximum Gasteiger partial charge on any atom is 0.251 e. The zero-order chi connectivity index (χ0) is 15.3. The van der Waals surface area contributed by atoms with Crippen molar-refractivity contribution in [3.05, 3.63) is 65.7 Å². The molecule has 2 aromatic carbocycles. The Labute approximate surface area is 126 Å². The molecule has 0 saturated heterocycles. The van der Waals surface area contributed by atoms with Crippen LogP contribution < -0.4 is 10.1 Å². The summed E-state index contributed by atoms with van der Waals surface area (Å²) in [6, 6.07) is 17.2. The summed E-state index contributed by atoms with van der Waals surface area (Å²) < 4.78 is 5.15. The highest BCUT2D eigenvalue weighted by Gasteiger charge is 2.21. The van der Waals surface area contributed by atoms with Crippen LogP contribution in [0.25, 0.3) is 0 Å². The van der Waals surface area contributed by atoms with Gasteiger partial charge in [0.15, 0.2) is 0 Å². The van der Waals surface area contributed by atoms with Gasteiger partial charge in [-0.1, -0.05) is 30.3 Å². The minimum Gasteiger partial charge on any atom is -0.497 e. The summed E-state index contributed by atoms with van der Waals surface area (Å²) in [4.78, 5) is 12.2. The number of amides is 1. The largest absolute Gasteiger partial charge is 0.497 e. The number of carbonyl (C=O) groups is 1. The van der Waals surface area contributed by atoms with Crippen LogP contribution in [-0.2, 0) is 6.42 Å². The zero-order valence-electron chi connectivity index (χ0n) is 12.7. The third-order valence-corrected chi connectivity index (χ3v) is 3.29. The van der Waals surface area contributed by atoms with Gasteiger partial charge in [0.05, 0.1) is 7.11 Å². The van der Waals surface area contributed by atoms with Crippen molar-refractivity contribution < 1.29 is 9.53 Å². The van der Waals surface area contributed by atoms with E-state index in [4.69, 9.17) is 4.74 Å². The quantitative estimate of drug-likeness (QED) is 0.912. The van der Waals surface area contributed by atoms with Crippen LogP contribution in [0.2, 0.25) is 0 Å². The molecular weight excluding hydrogens is 262 g/mol. The second-order valence-corrected chi connectivity index (χ2v) is 5.73. The van der Waals surface area contributed by atoms with Crippen molar-refractivity contribution in [2.45, 2.75) is 25.8 Å². The SMILES string of the molecule is COc1ccc(CC(C)(C)NC(=O)c2ccccc2)cc1. The van der Waals surface area contributed by atoms with Crippen LogP contribution in [0.15, 0.2) is 54.6 Å². The molecular formula is C18H21NO2. The molecule has 0 bridgehead atoms. The van der Waals surface area contributed by atoms with Crippen molar-refractivity contribution in [3.63, 3.8) is 0 Å². The number of hydrogen-bond acceptors (Lipinski definition) is 2. The summed E-state index contributed by atoms with van der Waals surface area (Å²) in [5, 5.41) is 3.08. The summed E-state index contributed by atoms with van der Waals surface area (Å²) in [5.41, 5.74) is 1.52. The van der Waals surface area contributed by atoms with Crippen LogP contribution in [-0.4, -0.2) is 18.6 Å². The smallest absolute Gasteiger partial charge is 0.251 e. The molecule has 2 rings (SSSR count). The summed E-state index contributed by atoms with van der Waals surface area (Å²) in [6.07, 6.45) is 0.759. The van der Waals surface area contributed by atoms with E-state index < -0.39 is 0 Å². The number of hydrogen-bond donors (Lipinski definition) is 1. The predicted octanol–water partition coefficient (Wildman–Crippen LogP) is 3.45. The van der Waals surface area contributed by atoms with Crippen molar-refractivity contribution in [2.24, 2.45) is 0 Å². The number of benzene rings is 2. The van der Waals surface area contributed by atoms with Crippen LogP contribution >= 0.6 is 0 Å². The molecule has 0 heterocycles. The molecule has 0 aliphatic carbocycles. The number of methoxy groups -OCH3 is 1. The number of ether oxygens (including phenoxy) is 1. The van der Waals surface area contributed by atoms with Crippen LogP contribution in [0.3, 0.4) is 0 Å². The zero-order valence-corrected chi connectivity index (χ0v) is 12.7. The fourth-order valence-corrected chi connectivity index (χ4v) is 2.27. The Morgan fingerprint density at radius 3 is 2.24 bits per heavy atom. The summed E-state index contributed by atoms with van der Waals surface area (Å²) >= 11 is 0. The third kappa shape index (κ3) is 4.35. The molecule has 0 spiro atoms. The van der Waals surface area contributed by atoms with Crippen LogP contribution in [0, 0.1) is 0 Å². The first-order valence-corrected chi connectivity index (χ1v) is 7.01. The van der Waals surface area contributed by atoms with E-state index in [0.717, 1.165) is 17.7 Å². The van der Waals surface area contributed by atoms with Crippen molar-refractivity contribution in [2.75, 3.05) is 7.11 Å². The standard InChI is InChI=1S/C18H21NO2/c1-18(2,13-14-9-11-16(21-3)12-10-14)19-17(20)15-7-5-4-6-8-15/h4-12H,13H2,1-3H3,(H,19,20). The lowest BCUT2D eigenvalue weighted by atomic mass is 9.94. The van der Waals surface area contributed by atoms with Gasteiger partial charge >= 0.3 is 0 Å². The summed E-state index contributed by atoms with van der Waals surface area (Å²) in [7, 11) is 1.65. The van der Waals surface area contributed by atoms with E-state index in [1.165, 1.54) is 0 Å². The van der Waals surface area contributed by atoms with E-state index in [1.807, 2.05) is 68.4 Å². The van der Waals surface area contributed by atoms with Gasteiger partial charge in [-0.15, -0.1) is 0 Å². The maximum atomic E-state index is 12.2. The number of nitrogens with one attached hydrogen (secondary N) is 1. The Morgan fingerprint density at radius 1 is 1.05 bits per heavy atom. The molecule has 1 N–H and O–H groups in total. The van der Waals surface area contributed by atoms with E-state index in [-0.39, 0.29) is 11.4 Å². The van der Waals surface area contributed by atoms with Crippen molar-refractivity contribution >= 4 is 5.91 Å². The summed E-state index contributed by atoms with van der Waals surface area (Å²) in [5.74, 6) is 0.791. The molecule has 3 heteroatoms. The van der Waals surface area contributed by atoms with Crippen molar-refractivity contribution in [1.82, 2.24) is 5.32 Å². The summed E-state index contributed by atoms with van der Waals surface area (Å²) in [6.45, 7) is 4.05. The van der Waals surface area contributed by atoms with E-state index >= 15 is 0 Å². The molecule has 0 aliphatic rings. The van der Waals surface area contributed by atoms with Crippen LogP contribution in [0.1, 0.15) is 29.8 Å². The van der Waals surface area contributed by atoms with Gasteiger partial charge in [-0.25, -0.2) is 0 Å². The predicted molar refractivity (Wildman–Crippen MR) is 84.7 cm³/mol. The van der Waals surface area contributed by atoms with Gasteiger partial charge in [0.25, 0.3) is 5.91 Å². The molecule has 0 aromatic heterocycles. The van der Waals surface area contributed by atoms with Gasteiger partial charge in [0, 0.05) is 11.1 Å². The van der Waals surface area contributed by atoms with E-state index in [0.29, 0.717) is 5.56 Å². The van der Waals surface area contributed by atoms with Gasteiger partial charge < -0.3 is 10.1 Å². The fourth-order valence-electron chi connectivity index (χ4n) is 2.27. The molecule has 21 heavy (non-hydrogen) atoms. The first-order chi connectivity index (χ1) is 10.00. The third-order valence-electron chi connectivity index (χ3n) is 3.29. The van der Waals surface area contributed by atoms with Gasteiger partial charge in [-0.05, 0) is 50.1 Å². The van der Waals surface area contributed by atoms with E-state index in [9.17, 15) is 4.79 Å². The Morgan fingerprint density at radius 2 is 1.67 bits per heavy atom. The second kappa shape index (κ2) is 6.44. The molecule has 0 aliphatic heterocycles. The first-order valence-electron chi connectivity index (χ1n) is 7.01. The first kappa shape index (κ1) is 15.1. The van der Waals surface area contributed by atoms with E-state index in [2.05, 4.69) is 5.32 Å².